The number of rotatable bonds is 3. The van der Waals surface area contributed by atoms with Crippen molar-refractivity contribution in [2.45, 2.75) is 57.2 Å². The van der Waals surface area contributed by atoms with Crippen molar-refractivity contribution < 1.29 is 11.3 Å². The summed E-state index contributed by atoms with van der Waals surface area (Å²) >= 11 is 0. The Kier molecular flexibility index (Phi) is 3.06. The molecule has 2 heteroatoms. The normalized spacial score (nSPS) is 21.8. The summed E-state index contributed by atoms with van der Waals surface area (Å²) in [7, 11) is 0. The number of nitrogens with zero attached hydrogens (tertiary/aromatic N) is 1. The van der Waals surface area contributed by atoms with Crippen LogP contribution >= 0.6 is 0 Å². The molecule has 32 heavy (non-hydrogen) atoms. The van der Waals surface area contributed by atoms with Crippen LogP contribution in [0.5, 0.6) is 0 Å². The van der Waals surface area contributed by atoms with Gasteiger partial charge in [0.25, 0.3) is 0 Å². The third kappa shape index (κ3) is 2.82. The molecule has 0 atom stereocenters. The van der Waals surface area contributed by atoms with Gasteiger partial charge in [0.2, 0.25) is 0 Å². The maximum Gasteiger partial charge on any atom is 0.144 e. The van der Waals surface area contributed by atoms with Gasteiger partial charge >= 0.3 is 0 Å². The van der Waals surface area contributed by atoms with Crippen LogP contribution in [0.2, 0.25) is 0 Å². The zero-order valence-corrected chi connectivity index (χ0v) is 17.9. The van der Waals surface area contributed by atoms with Crippen molar-refractivity contribution in [3.8, 4) is 11.3 Å². The molecule has 2 aliphatic rings. The highest BCUT2D eigenvalue weighted by atomic mass is 16.3. The lowest BCUT2D eigenvalue weighted by Gasteiger charge is -2.15. The fourth-order valence-electron chi connectivity index (χ4n) is 5.38. The fraction of sp³-hybridized carbons (Fsp3) is 0.300. The molecule has 0 amide bonds. The number of benzene rings is 3. The van der Waals surface area contributed by atoms with Crippen LogP contribution in [0.15, 0.2) is 65.2 Å². The Morgan fingerprint density at radius 2 is 1.75 bits per heavy atom. The second kappa shape index (κ2) is 6.93. The van der Waals surface area contributed by atoms with Crippen molar-refractivity contribution in [3.63, 3.8) is 0 Å². The summed E-state index contributed by atoms with van der Waals surface area (Å²) < 4.78 is 48.7. The van der Waals surface area contributed by atoms with Crippen LogP contribution in [0.3, 0.4) is 0 Å². The molecule has 0 N–H and O–H groups in total. The Labute approximate surface area is 195 Å². The van der Waals surface area contributed by atoms with E-state index in [4.69, 9.17) is 16.3 Å². The molecular weight excluding hydrogens is 390 g/mol. The number of hydrogen-bond donors (Lipinski definition) is 0. The summed E-state index contributed by atoms with van der Waals surface area (Å²) in [6, 6.07) is 17.2. The standard InChI is InChI=1S/C30H27NO/c1-18-14-25-22-8-4-5-9-28(22)32-30(25)26(15-18)29-23-13-12-21(19-6-2-3-7-19)16-24(23)27(17-31-29)20-10-11-20/h4-5,8-9,12-17,19-20H,2-3,6-7,10-11H2,1H3/i1D3,19D,20D. The highest BCUT2D eigenvalue weighted by molar-refractivity contribution is 6.12. The predicted molar refractivity (Wildman–Crippen MR) is 132 cm³/mol. The van der Waals surface area contributed by atoms with E-state index >= 15 is 0 Å². The van der Waals surface area contributed by atoms with E-state index in [1.807, 2.05) is 36.4 Å². The Hall–Kier alpha value is -3.13. The van der Waals surface area contributed by atoms with Crippen molar-refractivity contribution in [1.82, 2.24) is 4.98 Å². The van der Waals surface area contributed by atoms with Gasteiger partial charge < -0.3 is 4.42 Å². The van der Waals surface area contributed by atoms with Crippen molar-refractivity contribution in [2.75, 3.05) is 0 Å². The molecule has 2 aliphatic carbocycles. The van der Waals surface area contributed by atoms with Gasteiger partial charge in [-0.3, -0.25) is 4.98 Å². The van der Waals surface area contributed by atoms with E-state index in [9.17, 15) is 0 Å². The highest BCUT2D eigenvalue weighted by Crippen LogP contribution is 2.46. The van der Waals surface area contributed by atoms with Crippen LogP contribution in [0, 0.1) is 6.85 Å². The number of hydrogen-bond acceptors (Lipinski definition) is 2. The third-order valence-corrected chi connectivity index (χ3v) is 7.12. The molecule has 5 aromatic rings. The van der Waals surface area contributed by atoms with E-state index in [0.29, 0.717) is 22.4 Å². The molecule has 0 aliphatic heterocycles. The van der Waals surface area contributed by atoms with Gasteiger partial charge in [0, 0.05) is 34.8 Å². The first-order chi connectivity index (χ1) is 17.7. The maximum atomic E-state index is 9.08. The number of aromatic nitrogens is 1. The Morgan fingerprint density at radius 1 is 0.875 bits per heavy atom. The quantitative estimate of drug-likeness (QED) is 0.291. The first kappa shape index (κ1) is 14.1. The van der Waals surface area contributed by atoms with Gasteiger partial charge in [0.15, 0.2) is 0 Å². The molecule has 0 saturated heterocycles. The molecule has 0 bridgehead atoms. The lowest BCUT2D eigenvalue weighted by atomic mass is 9.91. The molecule has 0 radical (unpaired) electrons. The largest absolute Gasteiger partial charge is 0.455 e. The van der Waals surface area contributed by atoms with Crippen LogP contribution in [0.25, 0.3) is 44.0 Å². The van der Waals surface area contributed by atoms with Gasteiger partial charge in [0.1, 0.15) is 11.2 Å². The molecule has 3 aromatic carbocycles. The van der Waals surface area contributed by atoms with Gasteiger partial charge in [-0.15, -0.1) is 0 Å². The van der Waals surface area contributed by atoms with Crippen molar-refractivity contribution in [1.29, 1.82) is 0 Å². The van der Waals surface area contributed by atoms with E-state index in [2.05, 4.69) is 6.07 Å². The van der Waals surface area contributed by atoms with Crippen LogP contribution in [0.1, 0.15) is 73.9 Å². The monoisotopic (exact) mass is 422 g/mol. The highest BCUT2D eigenvalue weighted by Gasteiger charge is 2.28. The fourth-order valence-corrected chi connectivity index (χ4v) is 5.38. The van der Waals surface area contributed by atoms with Crippen LogP contribution in [-0.2, 0) is 0 Å². The first-order valence-electron chi connectivity index (χ1n) is 14.1. The average Bonchev–Trinajstić information content (AvgIpc) is 3.29. The Bertz CT molecular complexity index is 1710. The summed E-state index contributed by atoms with van der Waals surface area (Å²) in [6.45, 7) is -2.29. The minimum atomic E-state index is -2.29. The molecule has 2 saturated carbocycles. The molecule has 2 fully saturated rings. The molecule has 7 rings (SSSR count). The van der Waals surface area contributed by atoms with Crippen molar-refractivity contribution >= 4 is 32.7 Å². The van der Waals surface area contributed by atoms with Gasteiger partial charge in [-0.05, 0) is 84.6 Å². The number of para-hydroxylation sites is 1. The average molecular weight is 423 g/mol. The van der Waals surface area contributed by atoms with Gasteiger partial charge in [0.05, 0.1) is 5.69 Å². The van der Waals surface area contributed by atoms with Crippen molar-refractivity contribution in [3.05, 3.63) is 77.5 Å². The number of furan rings is 1. The molecule has 0 spiro atoms. The van der Waals surface area contributed by atoms with E-state index in [1.54, 1.807) is 18.3 Å². The molecule has 158 valence electrons. The van der Waals surface area contributed by atoms with Gasteiger partial charge in [-0.25, -0.2) is 0 Å². The van der Waals surface area contributed by atoms with Crippen LogP contribution < -0.4 is 0 Å². The van der Waals surface area contributed by atoms with Crippen LogP contribution in [0.4, 0.5) is 0 Å². The summed E-state index contributed by atoms with van der Waals surface area (Å²) in [6.07, 6.45) is 7.19. The van der Waals surface area contributed by atoms with Crippen molar-refractivity contribution in [2.24, 2.45) is 0 Å². The lowest BCUT2D eigenvalue weighted by molar-refractivity contribution is 0.670. The molecule has 2 heterocycles. The zero-order valence-electron chi connectivity index (χ0n) is 22.9. The number of aryl methyl sites for hydroxylation is 1. The molecule has 2 nitrogen and oxygen atoms in total. The number of fused-ring (bicyclic) bond motifs is 4. The predicted octanol–water partition coefficient (Wildman–Crippen LogP) is 8.64. The molecular formula is C30H27NO. The second-order valence-electron chi connectivity index (χ2n) is 9.19. The summed E-state index contributed by atoms with van der Waals surface area (Å²) in [5.41, 5.74) is 4.72. The third-order valence-electron chi connectivity index (χ3n) is 7.12. The zero-order chi connectivity index (χ0) is 25.6. The Morgan fingerprint density at radius 3 is 2.59 bits per heavy atom. The molecule has 2 aromatic heterocycles. The van der Waals surface area contributed by atoms with Crippen LogP contribution in [-0.4, -0.2) is 4.98 Å². The Balaban J connectivity index is 1.54. The maximum absolute atomic E-state index is 9.08. The summed E-state index contributed by atoms with van der Waals surface area (Å²) in [5, 5.41) is 3.43. The lowest BCUT2D eigenvalue weighted by Crippen LogP contribution is -1.96. The molecule has 0 unspecified atom stereocenters. The SMILES string of the molecule is [2H]C([2H])([2H])c1cc(-c2ncc(C3([2H])CC3)c3cc(C4([2H])CCCC4)ccc23)c2oc3ccccc3c2c1. The second-order valence-corrected chi connectivity index (χ2v) is 9.19. The summed E-state index contributed by atoms with van der Waals surface area (Å²) in [4.78, 5) is 4.86. The van der Waals surface area contributed by atoms with E-state index in [-0.39, 0.29) is 5.56 Å². The summed E-state index contributed by atoms with van der Waals surface area (Å²) in [5.74, 6) is -1.25. The minimum absolute atomic E-state index is 0.243. The van der Waals surface area contributed by atoms with Gasteiger partial charge in [-0.2, -0.15) is 0 Å². The van der Waals surface area contributed by atoms with Gasteiger partial charge in [-0.1, -0.05) is 49.2 Å². The smallest absolute Gasteiger partial charge is 0.144 e. The van der Waals surface area contributed by atoms with E-state index in [1.165, 1.54) is 0 Å². The van der Waals surface area contributed by atoms with E-state index in [0.717, 1.165) is 71.2 Å². The number of pyridine rings is 1. The van der Waals surface area contributed by atoms with E-state index < -0.39 is 18.6 Å². The first-order valence-corrected chi connectivity index (χ1v) is 11.6. The topological polar surface area (TPSA) is 26.0 Å². The minimum Gasteiger partial charge on any atom is -0.455 e.